The number of pyridine rings is 1. The van der Waals surface area contributed by atoms with E-state index in [0.717, 1.165) is 11.3 Å². The summed E-state index contributed by atoms with van der Waals surface area (Å²) in [5.41, 5.74) is 2.22. The van der Waals surface area contributed by atoms with Gasteiger partial charge in [-0.15, -0.1) is 10.2 Å². The zero-order chi connectivity index (χ0) is 17.4. The standard InChI is InChI=1S/C16H9Cl3N4OS/c17-10-3-1-9(2-4-10)15-20-12(7-24-15)8-25-16-22-21-14-13(19)5-11(18)6-23(14)16/h1-7H,8H2. The number of halogens is 3. The highest BCUT2D eigenvalue weighted by molar-refractivity contribution is 7.98. The van der Waals surface area contributed by atoms with E-state index >= 15 is 0 Å². The molecule has 1 aromatic carbocycles. The zero-order valence-electron chi connectivity index (χ0n) is 12.5. The Bertz CT molecular complexity index is 1050. The van der Waals surface area contributed by atoms with Crippen LogP contribution in [0.4, 0.5) is 0 Å². The molecule has 0 amide bonds. The van der Waals surface area contributed by atoms with E-state index in [1.165, 1.54) is 11.8 Å². The Kier molecular flexibility index (Phi) is 4.60. The lowest BCUT2D eigenvalue weighted by Gasteiger charge is -2.00. The third kappa shape index (κ3) is 3.48. The Hall–Kier alpha value is -1.73. The van der Waals surface area contributed by atoms with Crippen LogP contribution in [0.2, 0.25) is 15.1 Å². The highest BCUT2D eigenvalue weighted by Crippen LogP contribution is 2.28. The maximum absolute atomic E-state index is 6.12. The first-order chi connectivity index (χ1) is 12.1. The summed E-state index contributed by atoms with van der Waals surface area (Å²) in [4.78, 5) is 4.48. The van der Waals surface area contributed by atoms with Gasteiger partial charge in [0.15, 0.2) is 10.8 Å². The van der Waals surface area contributed by atoms with Crippen molar-refractivity contribution in [1.29, 1.82) is 0 Å². The minimum Gasteiger partial charge on any atom is -0.444 e. The molecule has 4 aromatic rings. The van der Waals surface area contributed by atoms with Gasteiger partial charge >= 0.3 is 0 Å². The molecule has 126 valence electrons. The van der Waals surface area contributed by atoms with Gasteiger partial charge in [0.1, 0.15) is 6.26 Å². The number of benzene rings is 1. The molecule has 9 heteroatoms. The van der Waals surface area contributed by atoms with E-state index in [1.807, 2.05) is 12.1 Å². The lowest BCUT2D eigenvalue weighted by Crippen LogP contribution is -1.89. The first-order valence-corrected chi connectivity index (χ1v) is 9.25. The van der Waals surface area contributed by atoms with Crippen LogP contribution in [-0.2, 0) is 5.75 Å². The molecule has 0 aliphatic heterocycles. The molecule has 0 unspecified atom stereocenters. The van der Waals surface area contributed by atoms with Gasteiger partial charge in [0.2, 0.25) is 5.89 Å². The third-order valence-electron chi connectivity index (χ3n) is 3.39. The van der Waals surface area contributed by atoms with Crippen LogP contribution in [0.25, 0.3) is 17.1 Å². The quantitative estimate of drug-likeness (QED) is 0.407. The molecule has 25 heavy (non-hydrogen) atoms. The van der Waals surface area contributed by atoms with Gasteiger partial charge in [-0.2, -0.15) is 0 Å². The molecule has 0 N–H and O–H groups in total. The number of thioether (sulfide) groups is 1. The molecule has 0 radical (unpaired) electrons. The maximum Gasteiger partial charge on any atom is 0.226 e. The van der Waals surface area contributed by atoms with Crippen LogP contribution in [0.1, 0.15) is 5.69 Å². The summed E-state index contributed by atoms with van der Waals surface area (Å²) >= 11 is 19.5. The van der Waals surface area contributed by atoms with Crippen LogP contribution in [0, 0.1) is 0 Å². The number of aromatic nitrogens is 4. The van der Waals surface area contributed by atoms with E-state index in [2.05, 4.69) is 15.2 Å². The first-order valence-electron chi connectivity index (χ1n) is 7.13. The summed E-state index contributed by atoms with van der Waals surface area (Å²) in [6, 6.07) is 8.95. The highest BCUT2D eigenvalue weighted by Gasteiger charge is 2.12. The Balaban J connectivity index is 1.53. The highest BCUT2D eigenvalue weighted by atomic mass is 35.5. The average molecular weight is 412 g/mol. The SMILES string of the molecule is Clc1ccc(-c2nc(CSc3nnc4c(Cl)cc(Cl)cn34)co2)cc1. The van der Waals surface area contributed by atoms with Crippen molar-refractivity contribution in [2.75, 3.05) is 0 Å². The van der Waals surface area contributed by atoms with Crippen LogP contribution in [0.15, 0.2) is 52.4 Å². The largest absolute Gasteiger partial charge is 0.444 e. The van der Waals surface area contributed by atoms with Gasteiger partial charge < -0.3 is 4.42 Å². The van der Waals surface area contributed by atoms with E-state index < -0.39 is 0 Å². The van der Waals surface area contributed by atoms with E-state index in [9.17, 15) is 0 Å². The van der Waals surface area contributed by atoms with Crippen molar-refractivity contribution in [3.8, 4) is 11.5 Å². The summed E-state index contributed by atoms with van der Waals surface area (Å²) in [5, 5.41) is 10.5. The van der Waals surface area contributed by atoms with Crippen molar-refractivity contribution in [3.05, 3.63) is 63.6 Å². The van der Waals surface area contributed by atoms with E-state index in [4.69, 9.17) is 39.2 Å². The van der Waals surface area contributed by atoms with Gasteiger partial charge in [-0.1, -0.05) is 46.6 Å². The minimum absolute atomic E-state index is 0.457. The van der Waals surface area contributed by atoms with Crippen LogP contribution < -0.4 is 0 Å². The van der Waals surface area contributed by atoms with Crippen LogP contribution in [0.5, 0.6) is 0 Å². The van der Waals surface area contributed by atoms with Crippen LogP contribution >= 0.6 is 46.6 Å². The summed E-state index contributed by atoms with van der Waals surface area (Å²) in [5.74, 6) is 1.12. The third-order valence-corrected chi connectivity index (χ3v) is 5.10. The molecule has 5 nitrogen and oxygen atoms in total. The Morgan fingerprint density at radius 1 is 1.04 bits per heavy atom. The van der Waals surface area contributed by atoms with E-state index in [0.29, 0.717) is 37.5 Å². The Morgan fingerprint density at radius 3 is 2.64 bits per heavy atom. The van der Waals surface area contributed by atoms with Gasteiger partial charge in [-0.25, -0.2) is 4.98 Å². The number of fused-ring (bicyclic) bond motifs is 1. The zero-order valence-corrected chi connectivity index (χ0v) is 15.6. The molecule has 0 spiro atoms. The monoisotopic (exact) mass is 410 g/mol. The first kappa shape index (κ1) is 16.7. The molecule has 3 aromatic heterocycles. The smallest absolute Gasteiger partial charge is 0.226 e. The van der Waals surface area contributed by atoms with E-state index in [1.54, 1.807) is 35.1 Å². The van der Waals surface area contributed by atoms with E-state index in [-0.39, 0.29) is 0 Å². The molecular weight excluding hydrogens is 403 g/mol. The summed E-state index contributed by atoms with van der Waals surface area (Å²) in [7, 11) is 0. The Morgan fingerprint density at radius 2 is 1.84 bits per heavy atom. The molecule has 0 aliphatic carbocycles. The van der Waals surface area contributed by atoms with Gasteiger partial charge in [0, 0.05) is 22.5 Å². The summed E-state index contributed by atoms with van der Waals surface area (Å²) in [6.45, 7) is 0. The molecule has 0 saturated carbocycles. The van der Waals surface area contributed by atoms with Crippen molar-refractivity contribution in [3.63, 3.8) is 0 Å². The maximum atomic E-state index is 6.12. The normalized spacial score (nSPS) is 11.3. The fourth-order valence-electron chi connectivity index (χ4n) is 2.24. The van der Waals surface area contributed by atoms with Crippen molar-refractivity contribution in [2.24, 2.45) is 0 Å². The second-order valence-corrected chi connectivity index (χ2v) is 7.34. The predicted molar refractivity (Wildman–Crippen MR) is 99.5 cm³/mol. The number of hydrogen-bond donors (Lipinski definition) is 0. The van der Waals surface area contributed by atoms with Gasteiger partial charge in [-0.05, 0) is 30.3 Å². The number of hydrogen-bond acceptors (Lipinski definition) is 5. The molecule has 0 bridgehead atoms. The molecular formula is C16H9Cl3N4OS. The second-order valence-electron chi connectivity index (χ2n) is 5.12. The number of rotatable bonds is 4. The van der Waals surface area contributed by atoms with Crippen molar-refractivity contribution >= 4 is 52.2 Å². The van der Waals surface area contributed by atoms with Crippen molar-refractivity contribution in [2.45, 2.75) is 10.9 Å². The topological polar surface area (TPSA) is 56.2 Å². The van der Waals surface area contributed by atoms with Gasteiger partial charge in [-0.3, -0.25) is 4.40 Å². The van der Waals surface area contributed by atoms with Crippen LogP contribution in [-0.4, -0.2) is 19.6 Å². The second kappa shape index (κ2) is 6.88. The molecule has 3 heterocycles. The number of oxazole rings is 1. The fraction of sp³-hybridized carbons (Fsp3) is 0.0625. The lowest BCUT2D eigenvalue weighted by atomic mass is 10.2. The van der Waals surface area contributed by atoms with Gasteiger partial charge in [0.25, 0.3) is 0 Å². The van der Waals surface area contributed by atoms with Gasteiger partial charge in [0.05, 0.1) is 15.7 Å². The summed E-state index contributed by atoms with van der Waals surface area (Å²) in [6.07, 6.45) is 3.35. The lowest BCUT2D eigenvalue weighted by molar-refractivity contribution is 0.573. The minimum atomic E-state index is 0.457. The molecule has 0 aliphatic rings. The number of nitrogens with zero attached hydrogens (tertiary/aromatic N) is 4. The molecule has 0 fully saturated rings. The fourth-order valence-corrected chi connectivity index (χ4v) is 3.66. The summed E-state index contributed by atoms with van der Waals surface area (Å²) < 4.78 is 7.29. The van der Waals surface area contributed by atoms with Crippen molar-refractivity contribution < 1.29 is 4.42 Å². The molecule has 4 rings (SSSR count). The predicted octanol–water partition coefficient (Wildman–Crippen LogP) is 5.64. The molecule has 0 saturated heterocycles. The van der Waals surface area contributed by atoms with Crippen molar-refractivity contribution in [1.82, 2.24) is 19.6 Å². The molecule has 0 atom stereocenters. The average Bonchev–Trinajstić information content (AvgIpc) is 3.21. The Labute approximate surface area is 161 Å². The van der Waals surface area contributed by atoms with Crippen LogP contribution in [0.3, 0.4) is 0 Å².